The zero-order chi connectivity index (χ0) is 24.9. The Morgan fingerprint density at radius 1 is 1.15 bits per heavy atom. The molecule has 0 aliphatic carbocycles. The lowest BCUT2D eigenvalue weighted by atomic mass is 9.93. The molecular formula is C27H37ClN2O4. The van der Waals surface area contributed by atoms with Crippen LogP contribution in [0.3, 0.4) is 0 Å². The van der Waals surface area contributed by atoms with Crippen molar-refractivity contribution in [2.24, 2.45) is 0 Å². The average molecular weight is 489 g/mol. The maximum Gasteiger partial charge on any atom is 0.410 e. The molecular weight excluding hydrogens is 452 g/mol. The van der Waals surface area contributed by atoms with Crippen molar-refractivity contribution in [1.29, 1.82) is 0 Å². The summed E-state index contributed by atoms with van der Waals surface area (Å²) >= 11 is 6.45. The van der Waals surface area contributed by atoms with Gasteiger partial charge in [-0.05, 0) is 51.3 Å². The molecule has 0 aromatic heterocycles. The molecule has 0 fully saturated rings. The lowest BCUT2D eigenvalue weighted by Gasteiger charge is -2.40. The first-order valence-electron chi connectivity index (χ1n) is 11.7. The van der Waals surface area contributed by atoms with Gasteiger partial charge in [-0.3, -0.25) is 9.80 Å². The van der Waals surface area contributed by atoms with E-state index in [0.29, 0.717) is 26.2 Å². The van der Waals surface area contributed by atoms with Gasteiger partial charge in [0.15, 0.2) is 0 Å². The average Bonchev–Trinajstić information content (AvgIpc) is 2.77. The summed E-state index contributed by atoms with van der Waals surface area (Å²) in [5, 5.41) is -0.0462. The summed E-state index contributed by atoms with van der Waals surface area (Å²) in [6, 6.07) is 14.1. The van der Waals surface area contributed by atoms with Crippen LogP contribution in [0.1, 0.15) is 44.4 Å². The maximum absolute atomic E-state index is 13.2. The molecule has 0 spiro atoms. The van der Waals surface area contributed by atoms with Crippen LogP contribution >= 0.6 is 11.6 Å². The summed E-state index contributed by atoms with van der Waals surface area (Å²) in [7, 11) is 3.30. The van der Waals surface area contributed by atoms with E-state index in [-0.39, 0.29) is 17.5 Å². The first-order chi connectivity index (χ1) is 16.1. The van der Waals surface area contributed by atoms with Crippen LogP contribution < -0.4 is 9.47 Å². The molecule has 7 heteroatoms. The highest BCUT2D eigenvalue weighted by atomic mass is 35.5. The maximum atomic E-state index is 13.2. The number of methoxy groups -OCH3 is 2. The van der Waals surface area contributed by atoms with Crippen molar-refractivity contribution in [1.82, 2.24) is 9.80 Å². The van der Waals surface area contributed by atoms with Gasteiger partial charge in [-0.2, -0.15) is 0 Å². The number of alkyl halides is 1. The number of rotatable bonds is 8. The topological polar surface area (TPSA) is 51.2 Å². The molecule has 2 aromatic carbocycles. The Balaban J connectivity index is 1.87. The number of benzene rings is 2. The molecule has 0 saturated heterocycles. The first-order valence-corrected chi connectivity index (χ1v) is 12.2. The Morgan fingerprint density at radius 2 is 1.85 bits per heavy atom. The third-order valence-electron chi connectivity index (χ3n) is 5.85. The number of carbonyl (C=O) groups is 1. The molecule has 1 aliphatic rings. The second-order valence-electron chi connectivity index (χ2n) is 9.89. The molecule has 2 atom stereocenters. The van der Waals surface area contributed by atoms with Gasteiger partial charge in [0.05, 0.1) is 20.3 Å². The molecule has 1 amide bonds. The molecule has 186 valence electrons. The predicted octanol–water partition coefficient (Wildman–Crippen LogP) is 5.50. The van der Waals surface area contributed by atoms with Crippen LogP contribution in [0.25, 0.3) is 0 Å². The smallest absolute Gasteiger partial charge is 0.410 e. The number of halogens is 1. The third kappa shape index (κ3) is 7.03. The molecule has 0 bridgehead atoms. The molecule has 2 aromatic rings. The summed E-state index contributed by atoms with van der Waals surface area (Å²) in [6.07, 6.45) is 0.482. The fourth-order valence-corrected chi connectivity index (χ4v) is 4.56. The van der Waals surface area contributed by atoms with Crippen molar-refractivity contribution in [3.8, 4) is 11.5 Å². The van der Waals surface area contributed by atoms with Gasteiger partial charge in [-0.25, -0.2) is 4.79 Å². The Kier molecular flexibility index (Phi) is 8.72. The third-order valence-corrected chi connectivity index (χ3v) is 5.99. The highest BCUT2D eigenvalue weighted by Gasteiger charge is 2.34. The van der Waals surface area contributed by atoms with E-state index >= 15 is 0 Å². The summed E-state index contributed by atoms with van der Waals surface area (Å²) in [6.45, 7) is 10.2. The Bertz CT molecular complexity index is 973. The summed E-state index contributed by atoms with van der Waals surface area (Å²) in [5.74, 6) is 1.52. The minimum atomic E-state index is -0.556. The fraction of sp³-hybridized carbons (Fsp3) is 0.519. The van der Waals surface area contributed by atoms with Gasteiger partial charge in [-0.1, -0.05) is 30.3 Å². The van der Waals surface area contributed by atoms with Gasteiger partial charge in [0, 0.05) is 43.2 Å². The van der Waals surface area contributed by atoms with Crippen LogP contribution in [0, 0.1) is 0 Å². The van der Waals surface area contributed by atoms with Gasteiger partial charge in [0.2, 0.25) is 0 Å². The first kappa shape index (κ1) is 26.2. The van der Waals surface area contributed by atoms with Crippen molar-refractivity contribution in [2.75, 3.05) is 27.3 Å². The second-order valence-corrected chi connectivity index (χ2v) is 10.6. The normalized spacial score (nSPS) is 16.7. The van der Waals surface area contributed by atoms with Crippen LogP contribution in [0.15, 0.2) is 42.5 Å². The molecule has 1 unspecified atom stereocenters. The van der Waals surface area contributed by atoms with Crippen molar-refractivity contribution in [2.45, 2.75) is 64.2 Å². The van der Waals surface area contributed by atoms with Crippen LogP contribution in [-0.4, -0.2) is 60.2 Å². The molecule has 0 saturated carbocycles. The minimum Gasteiger partial charge on any atom is -0.497 e. The lowest BCUT2D eigenvalue weighted by Crippen LogP contribution is -2.51. The van der Waals surface area contributed by atoms with E-state index in [1.165, 1.54) is 11.1 Å². The molecule has 0 radical (unpaired) electrons. The number of ether oxygens (including phenoxy) is 3. The van der Waals surface area contributed by atoms with Crippen molar-refractivity contribution in [3.05, 3.63) is 59.2 Å². The molecule has 0 N–H and O–H groups in total. The number of nitrogens with zero attached hydrogens (tertiary/aromatic N) is 2. The van der Waals surface area contributed by atoms with Crippen LogP contribution in [-0.2, 0) is 24.2 Å². The molecule has 6 nitrogen and oxygen atoms in total. The Labute approximate surface area is 208 Å². The minimum absolute atomic E-state index is 0.0376. The zero-order valence-electron chi connectivity index (χ0n) is 21.1. The van der Waals surface area contributed by atoms with E-state index in [2.05, 4.69) is 23.1 Å². The standard InChI is InChI=1S/C27H37ClN2O4/c1-19(28)15-29(16-22-11-12-24(32-5)14-25(22)33-6)18-23-13-20-9-7-8-10-21(20)17-30(23)26(31)34-27(2,3)4/h7-12,14,19,23H,13,15-18H2,1-6H3/t19?,23-/m1/s1. The lowest BCUT2D eigenvalue weighted by molar-refractivity contribution is 0.00721. The molecule has 1 aliphatic heterocycles. The van der Waals surface area contributed by atoms with Gasteiger partial charge in [-0.15, -0.1) is 11.6 Å². The van der Waals surface area contributed by atoms with Gasteiger partial charge >= 0.3 is 6.09 Å². The van der Waals surface area contributed by atoms with Gasteiger partial charge in [0.25, 0.3) is 0 Å². The molecule has 1 heterocycles. The van der Waals surface area contributed by atoms with Crippen molar-refractivity contribution < 1.29 is 19.0 Å². The Morgan fingerprint density at radius 3 is 2.47 bits per heavy atom. The number of carbonyl (C=O) groups excluding carboxylic acids is 1. The van der Waals surface area contributed by atoms with E-state index in [4.69, 9.17) is 25.8 Å². The van der Waals surface area contributed by atoms with Crippen molar-refractivity contribution in [3.63, 3.8) is 0 Å². The predicted molar refractivity (Wildman–Crippen MR) is 136 cm³/mol. The quantitative estimate of drug-likeness (QED) is 0.459. The van der Waals surface area contributed by atoms with Crippen LogP contribution in [0.4, 0.5) is 4.79 Å². The van der Waals surface area contributed by atoms with Gasteiger partial charge in [0.1, 0.15) is 17.1 Å². The summed E-state index contributed by atoms with van der Waals surface area (Å²) in [5.41, 5.74) is 2.92. The Hall–Kier alpha value is -2.44. The number of amides is 1. The number of hydrogen-bond acceptors (Lipinski definition) is 5. The van der Waals surface area contributed by atoms with E-state index in [1.54, 1.807) is 14.2 Å². The SMILES string of the molecule is COc1ccc(CN(CC(C)Cl)C[C@H]2Cc3ccccc3CN2C(=O)OC(C)(C)C)c(OC)c1. The number of fused-ring (bicyclic) bond motifs is 1. The largest absolute Gasteiger partial charge is 0.497 e. The van der Waals surface area contributed by atoms with E-state index in [0.717, 1.165) is 23.5 Å². The number of hydrogen-bond donors (Lipinski definition) is 0. The van der Waals surface area contributed by atoms with Crippen LogP contribution in [0.5, 0.6) is 11.5 Å². The van der Waals surface area contributed by atoms with E-state index in [9.17, 15) is 4.79 Å². The fourth-order valence-electron chi connectivity index (χ4n) is 4.37. The zero-order valence-corrected chi connectivity index (χ0v) is 21.9. The van der Waals surface area contributed by atoms with Crippen LogP contribution in [0.2, 0.25) is 0 Å². The highest BCUT2D eigenvalue weighted by Crippen LogP contribution is 2.29. The second kappa shape index (κ2) is 11.3. The van der Waals surface area contributed by atoms with Gasteiger partial charge < -0.3 is 14.2 Å². The van der Waals surface area contributed by atoms with Crippen molar-refractivity contribution >= 4 is 17.7 Å². The molecule has 34 heavy (non-hydrogen) atoms. The highest BCUT2D eigenvalue weighted by molar-refractivity contribution is 6.20. The van der Waals surface area contributed by atoms with E-state index in [1.807, 2.05) is 56.9 Å². The summed E-state index contributed by atoms with van der Waals surface area (Å²) in [4.78, 5) is 17.3. The monoisotopic (exact) mass is 488 g/mol. The molecule has 3 rings (SSSR count). The summed E-state index contributed by atoms with van der Waals surface area (Å²) < 4.78 is 16.7. The van der Waals surface area contributed by atoms with E-state index < -0.39 is 5.60 Å².